The van der Waals surface area contributed by atoms with E-state index in [-0.39, 0.29) is 11.8 Å². The van der Waals surface area contributed by atoms with E-state index in [1.807, 2.05) is 6.07 Å². The average Bonchev–Trinajstić information content (AvgIpc) is 3.23. The fourth-order valence-corrected chi connectivity index (χ4v) is 4.80. The smallest absolute Gasteiger partial charge is 0.223 e. The van der Waals surface area contributed by atoms with E-state index in [2.05, 4.69) is 95.4 Å². The summed E-state index contributed by atoms with van der Waals surface area (Å²) in [5.41, 5.74) is 7.13. The molecule has 0 bridgehead atoms. The number of aromatic nitrogens is 2. The van der Waals surface area contributed by atoms with Crippen molar-refractivity contribution in [2.75, 3.05) is 18.0 Å². The standard InChI is InChI=1S/C29H32N4O/c1-21-11-13-23(14-12-21)19-30-28(34)24-15-17-32(18-16-24)29-31-26-9-5-6-10-27(26)33(29)20-25-8-4-3-7-22(25)2/h3-14,24H,15-20H2,1-2H3,(H,30,34). The summed E-state index contributed by atoms with van der Waals surface area (Å²) < 4.78 is 2.33. The normalized spacial score (nSPS) is 14.5. The van der Waals surface area contributed by atoms with Crippen molar-refractivity contribution in [3.05, 3.63) is 95.1 Å². The lowest BCUT2D eigenvalue weighted by molar-refractivity contribution is -0.125. The molecule has 1 aliphatic heterocycles. The molecule has 1 aliphatic rings. The van der Waals surface area contributed by atoms with Crippen molar-refractivity contribution < 1.29 is 4.79 Å². The van der Waals surface area contributed by atoms with Crippen LogP contribution in [0.15, 0.2) is 72.8 Å². The monoisotopic (exact) mass is 452 g/mol. The van der Waals surface area contributed by atoms with E-state index < -0.39 is 0 Å². The van der Waals surface area contributed by atoms with Gasteiger partial charge in [-0.15, -0.1) is 0 Å². The molecule has 5 heteroatoms. The number of nitrogens with zero attached hydrogens (tertiary/aromatic N) is 3. The predicted molar refractivity (Wildman–Crippen MR) is 138 cm³/mol. The van der Waals surface area contributed by atoms with Gasteiger partial charge in [-0.3, -0.25) is 4.79 Å². The third-order valence-electron chi connectivity index (χ3n) is 6.96. The van der Waals surface area contributed by atoms with Gasteiger partial charge >= 0.3 is 0 Å². The Balaban J connectivity index is 1.28. The third kappa shape index (κ3) is 4.69. The number of hydrogen-bond donors (Lipinski definition) is 1. The second-order valence-electron chi connectivity index (χ2n) is 9.38. The summed E-state index contributed by atoms with van der Waals surface area (Å²) in [6.45, 7) is 7.28. The molecular weight excluding hydrogens is 420 g/mol. The molecule has 2 heterocycles. The van der Waals surface area contributed by atoms with Gasteiger partial charge in [0, 0.05) is 25.6 Å². The van der Waals surface area contributed by atoms with Crippen LogP contribution in [0.4, 0.5) is 5.95 Å². The lowest BCUT2D eigenvalue weighted by Crippen LogP contribution is -2.41. The second-order valence-corrected chi connectivity index (χ2v) is 9.38. The zero-order valence-electron chi connectivity index (χ0n) is 20.0. The number of para-hydroxylation sites is 2. The Morgan fingerprint density at radius 2 is 1.65 bits per heavy atom. The maximum atomic E-state index is 12.8. The molecule has 1 amide bonds. The molecule has 0 spiro atoms. The van der Waals surface area contributed by atoms with Crippen molar-refractivity contribution in [1.82, 2.24) is 14.9 Å². The Labute approximate surface area is 201 Å². The summed E-state index contributed by atoms with van der Waals surface area (Å²) in [6.07, 6.45) is 1.68. The van der Waals surface area contributed by atoms with Crippen LogP contribution in [-0.4, -0.2) is 28.5 Å². The number of fused-ring (bicyclic) bond motifs is 1. The number of aryl methyl sites for hydroxylation is 2. The van der Waals surface area contributed by atoms with Crippen LogP contribution >= 0.6 is 0 Å². The highest BCUT2D eigenvalue weighted by molar-refractivity contribution is 5.80. The molecule has 1 saturated heterocycles. The number of piperidine rings is 1. The molecule has 174 valence electrons. The van der Waals surface area contributed by atoms with E-state index in [4.69, 9.17) is 4.98 Å². The van der Waals surface area contributed by atoms with Crippen molar-refractivity contribution >= 4 is 22.9 Å². The first-order valence-electron chi connectivity index (χ1n) is 12.2. The summed E-state index contributed by atoms with van der Waals surface area (Å²) >= 11 is 0. The van der Waals surface area contributed by atoms with Gasteiger partial charge in [0.2, 0.25) is 11.9 Å². The van der Waals surface area contributed by atoms with Crippen LogP contribution < -0.4 is 10.2 Å². The number of nitrogens with one attached hydrogen (secondary N) is 1. The van der Waals surface area contributed by atoms with Gasteiger partial charge < -0.3 is 14.8 Å². The number of anilines is 1. The molecule has 1 aromatic heterocycles. The highest BCUT2D eigenvalue weighted by atomic mass is 16.1. The summed E-state index contributed by atoms with van der Waals surface area (Å²) in [4.78, 5) is 20.2. The Kier molecular flexibility index (Phi) is 6.35. The maximum Gasteiger partial charge on any atom is 0.223 e. The molecule has 0 atom stereocenters. The summed E-state index contributed by atoms with van der Waals surface area (Å²) in [7, 11) is 0. The SMILES string of the molecule is Cc1ccc(CNC(=O)C2CCN(c3nc4ccccc4n3Cc3ccccc3C)CC2)cc1. The molecule has 0 radical (unpaired) electrons. The van der Waals surface area contributed by atoms with Crippen molar-refractivity contribution in [2.24, 2.45) is 5.92 Å². The van der Waals surface area contributed by atoms with Crippen LogP contribution in [-0.2, 0) is 17.9 Å². The molecule has 4 aromatic rings. The van der Waals surface area contributed by atoms with Crippen LogP contribution in [0.3, 0.4) is 0 Å². The number of benzene rings is 3. The minimum absolute atomic E-state index is 0.0518. The van der Waals surface area contributed by atoms with Gasteiger partial charge in [-0.25, -0.2) is 4.98 Å². The maximum absolute atomic E-state index is 12.8. The van der Waals surface area contributed by atoms with Crippen LogP contribution in [0.5, 0.6) is 0 Å². The largest absolute Gasteiger partial charge is 0.352 e. The molecule has 0 unspecified atom stereocenters. The first-order chi connectivity index (χ1) is 16.6. The molecule has 1 N–H and O–H groups in total. The van der Waals surface area contributed by atoms with E-state index in [9.17, 15) is 4.79 Å². The van der Waals surface area contributed by atoms with Crippen LogP contribution in [0, 0.1) is 19.8 Å². The number of hydrogen-bond acceptors (Lipinski definition) is 3. The zero-order chi connectivity index (χ0) is 23.5. The van der Waals surface area contributed by atoms with E-state index in [1.54, 1.807) is 0 Å². The van der Waals surface area contributed by atoms with E-state index >= 15 is 0 Å². The molecule has 1 fully saturated rings. The lowest BCUT2D eigenvalue weighted by Gasteiger charge is -2.32. The van der Waals surface area contributed by atoms with Crippen molar-refractivity contribution in [1.29, 1.82) is 0 Å². The van der Waals surface area contributed by atoms with E-state index in [0.717, 1.165) is 55.0 Å². The van der Waals surface area contributed by atoms with Gasteiger partial charge in [0.1, 0.15) is 0 Å². The highest BCUT2D eigenvalue weighted by Gasteiger charge is 2.27. The summed E-state index contributed by atoms with van der Waals surface area (Å²) in [6, 6.07) is 25.2. The van der Waals surface area contributed by atoms with Gasteiger partial charge in [-0.1, -0.05) is 66.2 Å². The number of carbonyl (C=O) groups excluding carboxylic acids is 1. The van der Waals surface area contributed by atoms with Gasteiger partial charge in [0.15, 0.2) is 0 Å². The molecule has 5 nitrogen and oxygen atoms in total. The molecule has 0 saturated carbocycles. The van der Waals surface area contributed by atoms with Crippen molar-refractivity contribution in [3.63, 3.8) is 0 Å². The third-order valence-corrected chi connectivity index (χ3v) is 6.96. The Bertz CT molecular complexity index is 1280. The van der Waals surface area contributed by atoms with Gasteiger partial charge in [0.05, 0.1) is 17.6 Å². The fourth-order valence-electron chi connectivity index (χ4n) is 4.80. The quantitative estimate of drug-likeness (QED) is 0.436. The highest BCUT2D eigenvalue weighted by Crippen LogP contribution is 2.28. The Morgan fingerprint density at radius 3 is 2.41 bits per heavy atom. The summed E-state index contributed by atoms with van der Waals surface area (Å²) in [5.74, 6) is 1.22. The Hall–Kier alpha value is -3.60. The minimum Gasteiger partial charge on any atom is -0.352 e. The Morgan fingerprint density at radius 1 is 0.941 bits per heavy atom. The fraction of sp³-hybridized carbons (Fsp3) is 0.310. The van der Waals surface area contributed by atoms with Gasteiger partial charge in [-0.05, 0) is 55.5 Å². The molecule has 34 heavy (non-hydrogen) atoms. The van der Waals surface area contributed by atoms with Gasteiger partial charge in [0.25, 0.3) is 0 Å². The number of carbonyl (C=O) groups is 1. The lowest BCUT2D eigenvalue weighted by atomic mass is 9.96. The minimum atomic E-state index is 0.0518. The van der Waals surface area contributed by atoms with Crippen LogP contribution in [0.1, 0.15) is 35.1 Å². The predicted octanol–water partition coefficient (Wildman–Crippen LogP) is 5.23. The van der Waals surface area contributed by atoms with E-state index in [0.29, 0.717) is 6.54 Å². The zero-order valence-corrected chi connectivity index (χ0v) is 20.0. The topological polar surface area (TPSA) is 50.2 Å². The number of rotatable bonds is 6. The molecular formula is C29H32N4O. The van der Waals surface area contributed by atoms with Crippen molar-refractivity contribution in [3.8, 4) is 0 Å². The van der Waals surface area contributed by atoms with E-state index in [1.165, 1.54) is 16.7 Å². The van der Waals surface area contributed by atoms with Crippen molar-refractivity contribution in [2.45, 2.75) is 39.8 Å². The number of imidazole rings is 1. The van der Waals surface area contributed by atoms with Crippen LogP contribution in [0.25, 0.3) is 11.0 Å². The first-order valence-corrected chi connectivity index (χ1v) is 12.2. The van der Waals surface area contributed by atoms with Gasteiger partial charge in [-0.2, -0.15) is 0 Å². The average molecular weight is 453 g/mol. The molecule has 3 aromatic carbocycles. The molecule has 5 rings (SSSR count). The van der Waals surface area contributed by atoms with Crippen LogP contribution in [0.2, 0.25) is 0 Å². The summed E-state index contributed by atoms with van der Waals surface area (Å²) in [5, 5.41) is 3.14. The number of amides is 1. The molecule has 0 aliphatic carbocycles. The second kappa shape index (κ2) is 9.72. The first kappa shape index (κ1) is 22.2.